The van der Waals surface area contributed by atoms with Gasteiger partial charge >= 0.3 is 0 Å². The molecule has 0 aromatic heterocycles. The molecule has 0 aliphatic heterocycles. The van der Waals surface area contributed by atoms with Crippen LogP contribution < -0.4 is 5.73 Å². The van der Waals surface area contributed by atoms with Gasteiger partial charge in [0.15, 0.2) is 11.6 Å². The van der Waals surface area contributed by atoms with E-state index in [1.807, 2.05) is 0 Å². The standard InChI is InChI=1S/C8H9F2NO2/c9-4-1-2-6(13)8(10)7(4)5(11)3-12/h1-2,5,12-13H,3,11H2. The van der Waals surface area contributed by atoms with Gasteiger partial charge in [-0.15, -0.1) is 0 Å². The molecule has 0 amide bonds. The molecule has 0 heterocycles. The van der Waals surface area contributed by atoms with Gasteiger partial charge in [0.1, 0.15) is 5.82 Å². The predicted octanol–water partition coefficient (Wildman–Crippen LogP) is 0.663. The van der Waals surface area contributed by atoms with Crippen molar-refractivity contribution in [1.82, 2.24) is 0 Å². The Morgan fingerprint density at radius 1 is 1.38 bits per heavy atom. The van der Waals surface area contributed by atoms with Crippen LogP contribution >= 0.6 is 0 Å². The van der Waals surface area contributed by atoms with E-state index in [0.717, 1.165) is 12.1 Å². The van der Waals surface area contributed by atoms with Crippen molar-refractivity contribution >= 4 is 0 Å². The Bertz CT molecular complexity index is 317. The highest BCUT2D eigenvalue weighted by Crippen LogP contribution is 2.25. The third-order valence-electron chi connectivity index (χ3n) is 1.67. The molecule has 1 unspecified atom stereocenters. The van der Waals surface area contributed by atoms with Crippen molar-refractivity contribution in [1.29, 1.82) is 0 Å². The highest BCUT2D eigenvalue weighted by atomic mass is 19.1. The third kappa shape index (κ3) is 1.76. The van der Waals surface area contributed by atoms with Gasteiger partial charge in [-0.2, -0.15) is 0 Å². The fourth-order valence-corrected chi connectivity index (χ4v) is 0.989. The first kappa shape index (κ1) is 9.88. The van der Waals surface area contributed by atoms with Crippen LogP contribution in [0.25, 0.3) is 0 Å². The van der Waals surface area contributed by atoms with E-state index in [1.165, 1.54) is 0 Å². The van der Waals surface area contributed by atoms with E-state index in [0.29, 0.717) is 0 Å². The molecule has 0 aliphatic carbocycles. The Balaban J connectivity index is 3.25. The van der Waals surface area contributed by atoms with Gasteiger partial charge in [0.25, 0.3) is 0 Å². The minimum atomic E-state index is -1.16. The zero-order valence-electron chi connectivity index (χ0n) is 6.67. The van der Waals surface area contributed by atoms with Crippen LogP contribution in [0.3, 0.4) is 0 Å². The predicted molar refractivity (Wildman–Crippen MR) is 42.0 cm³/mol. The average Bonchev–Trinajstić information content (AvgIpc) is 2.12. The molecule has 3 nitrogen and oxygen atoms in total. The van der Waals surface area contributed by atoms with E-state index < -0.39 is 35.6 Å². The summed E-state index contributed by atoms with van der Waals surface area (Å²) < 4.78 is 25.9. The van der Waals surface area contributed by atoms with Gasteiger partial charge in [0, 0.05) is 5.56 Å². The third-order valence-corrected chi connectivity index (χ3v) is 1.67. The molecule has 5 heteroatoms. The van der Waals surface area contributed by atoms with Crippen LogP contribution in [0, 0.1) is 11.6 Å². The first-order valence-electron chi connectivity index (χ1n) is 3.61. The number of aromatic hydroxyl groups is 1. The molecule has 0 spiro atoms. The summed E-state index contributed by atoms with van der Waals surface area (Å²) in [5.41, 5.74) is 4.73. The molecule has 0 fully saturated rings. The monoisotopic (exact) mass is 189 g/mol. The normalized spacial score (nSPS) is 12.9. The van der Waals surface area contributed by atoms with Crippen LogP contribution in [0.5, 0.6) is 5.75 Å². The van der Waals surface area contributed by atoms with Gasteiger partial charge in [-0.05, 0) is 12.1 Å². The number of phenolic OH excluding ortho intramolecular Hbond substituents is 1. The van der Waals surface area contributed by atoms with E-state index in [4.69, 9.17) is 15.9 Å². The van der Waals surface area contributed by atoms with Crippen molar-refractivity contribution in [2.45, 2.75) is 6.04 Å². The molecule has 0 aliphatic rings. The van der Waals surface area contributed by atoms with Gasteiger partial charge in [-0.25, -0.2) is 8.78 Å². The van der Waals surface area contributed by atoms with Gasteiger partial charge in [0.2, 0.25) is 0 Å². The molecule has 13 heavy (non-hydrogen) atoms. The van der Waals surface area contributed by atoms with E-state index in [1.54, 1.807) is 0 Å². The Kier molecular flexibility index (Phi) is 2.79. The molecule has 4 N–H and O–H groups in total. The summed E-state index contributed by atoms with van der Waals surface area (Å²) in [6.07, 6.45) is 0. The molecule has 0 radical (unpaired) electrons. The van der Waals surface area contributed by atoms with Crippen molar-refractivity contribution in [3.63, 3.8) is 0 Å². The molecular weight excluding hydrogens is 180 g/mol. The summed E-state index contributed by atoms with van der Waals surface area (Å²) >= 11 is 0. The number of aliphatic hydroxyl groups excluding tert-OH is 1. The van der Waals surface area contributed by atoms with Crippen LogP contribution in [0.1, 0.15) is 11.6 Å². The smallest absolute Gasteiger partial charge is 0.172 e. The molecule has 0 bridgehead atoms. The van der Waals surface area contributed by atoms with Crippen LogP contribution in [-0.4, -0.2) is 16.8 Å². The molecule has 1 aromatic carbocycles. The lowest BCUT2D eigenvalue weighted by atomic mass is 10.1. The first-order chi connectivity index (χ1) is 6.07. The maximum Gasteiger partial charge on any atom is 0.172 e. The zero-order valence-corrected chi connectivity index (χ0v) is 6.67. The molecular formula is C8H9F2NO2. The minimum absolute atomic E-state index is 0.498. The van der Waals surface area contributed by atoms with Gasteiger partial charge in [-0.3, -0.25) is 0 Å². The van der Waals surface area contributed by atoms with E-state index >= 15 is 0 Å². The maximum atomic E-state index is 13.0. The summed E-state index contributed by atoms with van der Waals surface area (Å²) in [5.74, 6) is -2.68. The number of phenols is 1. The van der Waals surface area contributed by atoms with Gasteiger partial charge in [0.05, 0.1) is 12.6 Å². The van der Waals surface area contributed by atoms with Crippen molar-refractivity contribution < 1.29 is 19.0 Å². The van der Waals surface area contributed by atoms with Crippen molar-refractivity contribution in [2.24, 2.45) is 5.73 Å². The molecule has 0 saturated heterocycles. The Hall–Kier alpha value is -1.20. The van der Waals surface area contributed by atoms with E-state index in [2.05, 4.69) is 0 Å². The second kappa shape index (κ2) is 3.68. The number of hydrogen-bond acceptors (Lipinski definition) is 3. The lowest BCUT2D eigenvalue weighted by Gasteiger charge is -2.11. The lowest BCUT2D eigenvalue weighted by Crippen LogP contribution is -2.17. The lowest BCUT2D eigenvalue weighted by molar-refractivity contribution is 0.261. The van der Waals surface area contributed by atoms with E-state index in [9.17, 15) is 8.78 Å². The number of nitrogens with two attached hydrogens (primary N) is 1. The average molecular weight is 189 g/mol. The summed E-state index contributed by atoms with van der Waals surface area (Å²) in [6, 6.07) is 0.619. The Labute approximate surface area is 73.4 Å². The fraction of sp³-hybridized carbons (Fsp3) is 0.250. The SMILES string of the molecule is NC(CO)c1c(F)ccc(O)c1F. The van der Waals surface area contributed by atoms with Crippen molar-refractivity contribution in [3.05, 3.63) is 29.3 Å². The van der Waals surface area contributed by atoms with Crippen LogP contribution in [0.4, 0.5) is 8.78 Å². The Morgan fingerprint density at radius 2 is 2.00 bits per heavy atom. The number of benzene rings is 1. The summed E-state index contributed by atoms with van der Waals surface area (Å²) in [7, 11) is 0. The van der Waals surface area contributed by atoms with Crippen LogP contribution in [0.2, 0.25) is 0 Å². The molecule has 0 saturated carbocycles. The summed E-state index contributed by atoms with van der Waals surface area (Å²) in [4.78, 5) is 0. The zero-order chi connectivity index (χ0) is 10.0. The molecule has 1 aromatic rings. The first-order valence-corrected chi connectivity index (χ1v) is 3.61. The Morgan fingerprint density at radius 3 is 2.54 bits per heavy atom. The van der Waals surface area contributed by atoms with Crippen LogP contribution in [-0.2, 0) is 0 Å². The number of rotatable bonds is 2. The highest BCUT2D eigenvalue weighted by Gasteiger charge is 2.18. The highest BCUT2D eigenvalue weighted by molar-refractivity contribution is 5.33. The quantitative estimate of drug-likeness (QED) is 0.640. The maximum absolute atomic E-state index is 13.0. The minimum Gasteiger partial charge on any atom is -0.505 e. The number of hydrogen-bond donors (Lipinski definition) is 3. The number of halogens is 2. The summed E-state index contributed by atoms with van der Waals surface area (Å²) in [5, 5.41) is 17.5. The fourth-order valence-electron chi connectivity index (χ4n) is 0.989. The molecule has 1 rings (SSSR count). The van der Waals surface area contributed by atoms with Crippen molar-refractivity contribution in [3.8, 4) is 5.75 Å². The molecule has 72 valence electrons. The second-order valence-corrected chi connectivity index (χ2v) is 2.58. The largest absolute Gasteiger partial charge is 0.505 e. The topological polar surface area (TPSA) is 66.5 Å². The van der Waals surface area contributed by atoms with Gasteiger partial charge < -0.3 is 15.9 Å². The summed E-state index contributed by atoms with van der Waals surface area (Å²) in [6.45, 7) is -0.586. The second-order valence-electron chi connectivity index (χ2n) is 2.58. The number of aliphatic hydroxyl groups is 1. The van der Waals surface area contributed by atoms with Crippen LogP contribution in [0.15, 0.2) is 12.1 Å². The van der Waals surface area contributed by atoms with Crippen molar-refractivity contribution in [2.75, 3.05) is 6.61 Å². The molecule has 1 atom stereocenters. The van der Waals surface area contributed by atoms with E-state index in [-0.39, 0.29) is 0 Å². The van der Waals surface area contributed by atoms with Gasteiger partial charge in [-0.1, -0.05) is 0 Å².